The van der Waals surface area contributed by atoms with Gasteiger partial charge >= 0.3 is 22.4 Å². The van der Waals surface area contributed by atoms with Gasteiger partial charge in [-0.3, -0.25) is 0 Å². The summed E-state index contributed by atoms with van der Waals surface area (Å²) in [5.74, 6) is 2.32. The molecule has 0 amide bonds. The molecule has 0 saturated carbocycles. The Morgan fingerprint density at radius 1 is 0.692 bits per heavy atom. The van der Waals surface area contributed by atoms with Crippen molar-refractivity contribution in [2.24, 2.45) is 0 Å². The number of rotatable bonds is 5. The maximum Gasteiger partial charge on any atom is 1.00 e. The first kappa shape index (κ1) is 22.4. The fourth-order valence-electron chi connectivity index (χ4n) is 2.58. The summed E-state index contributed by atoms with van der Waals surface area (Å²) >= 11 is 0. The molecule has 0 saturated heterocycles. The van der Waals surface area contributed by atoms with Crippen LogP contribution in [0.2, 0.25) is 0 Å². The van der Waals surface area contributed by atoms with Gasteiger partial charge in [0.05, 0.1) is 7.92 Å². The van der Waals surface area contributed by atoms with Crippen LogP contribution in [0.3, 0.4) is 0 Å². The summed E-state index contributed by atoms with van der Waals surface area (Å²) in [6, 6.07) is 32.5. The average Bonchev–Trinajstić information content (AvgIpc) is 2.70. The van der Waals surface area contributed by atoms with Crippen molar-refractivity contribution in [1.82, 2.24) is 0 Å². The molecule has 0 fully saturated rings. The van der Waals surface area contributed by atoms with E-state index < -0.39 is 7.92 Å². The summed E-state index contributed by atoms with van der Waals surface area (Å²) in [6.45, 7) is 2.11. The summed E-state index contributed by atoms with van der Waals surface area (Å²) in [4.78, 5) is 0. The van der Waals surface area contributed by atoms with Crippen molar-refractivity contribution < 1.29 is 22.4 Å². The third kappa shape index (κ3) is 7.33. The Kier molecular flexibility index (Phi) is 11.7. The molecule has 0 aliphatic carbocycles. The molecule has 26 heavy (non-hydrogen) atoms. The normalized spacial score (nSPS) is 9.42. The smallest absolute Gasteiger partial charge is 0.694 e. The van der Waals surface area contributed by atoms with Crippen LogP contribution >= 0.6 is 7.92 Å². The Morgan fingerprint density at radius 2 is 1.04 bits per heavy atom. The van der Waals surface area contributed by atoms with E-state index in [4.69, 9.17) is 6.42 Å². The molecule has 0 aliphatic rings. The fraction of sp³-hybridized carbons (Fsp3) is 0.167. The second-order valence-corrected chi connectivity index (χ2v) is 8.24. The van der Waals surface area contributed by atoms with Crippen LogP contribution in [0.1, 0.15) is 26.2 Å². The standard InChI is InChI=1S/C18H15P.C6H9.Au/c1-4-10-16(11-5-1)19(17-12-6-2-7-13-17)18-14-8-3-9-15-18;1-3-5-6-4-2;/h1-15H;3,5-6H2,1H3;/q;-1;+1/p+1. The first-order valence-corrected chi connectivity index (χ1v) is 10.3. The van der Waals surface area contributed by atoms with Crippen LogP contribution in [0.25, 0.3) is 0 Å². The van der Waals surface area contributed by atoms with E-state index in [0.29, 0.717) is 0 Å². The van der Waals surface area contributed by atoms with Crippen molar-refractivity contribution >= 4 is 23.8 Å². The SMILES string of the molecule is [Au+].[C-]#CCCCC.c1ccc([PH+](c2ccccc2)c2ccccc2)cc1. The third-order valence-electron chi connectivity index (χ3n) is 3.84. The zero-order valence-corrected chi connectivity index (χ0v) is 18.2. The number of unbranched alkanes of at least 4 members (excludes halogenated alkanes) is 2. The first-order chi connectivity index (χ1) is 12.4. The van der Waals surface area contributed by atoms with Gasteiger partial charge in [-0.25, -0.2) is 0 Å². The molecular formula is C24H25AuP+. The minimum absolute atomic E-state index is 0. The predicted molar refractivity (Wildman–Crippen MR) is 113 cm³/mol. The van der Waals surface area contributed by atoms with Crippen molar-refractivity contribution in [1.29, 1.82) is 0 Å². The number of hydrogen-bond acceptors (Lipinski definition) is 0. The van der Waals surface area contributed by atoms with E-state index in [1.54, 1.807) is 0 Å². The molecule has 136 valence electrons. The minimum Gasteiger partial charge on any atom is -0.694 e. The molecule has 0 unspecified atom stereocenters. The van der Waals surface area contributed by atoms with E-state index in [1.807, 2.05) is 0 Å². The summed E-state index contributed by atoms with van der Waals surface area (Å²) in [5, 5.41) is 4.31. The quantitative estimate of drug-likeness (QED) is 0.141. The van der Waals surface area contributed by atoms with Crippen molar-refractivity contribution in [2.75, 3.05) is 0 Å². The molecule has 3 rings (SSSR count). The molecule has 0 N–H and O–H groups in total. The van der Waals surface area contributed by atoms with Gasteiger partial charge in [-0.2, -0.15) is 0 Å². The van der Waals surface area contributed by atoms with E-state index in [2.05, 4.69) is 104 Å². The minimum atomic E-state index is -0.877. The maximum atomic E-state index is 6.46. The van der Waals surface area contributed by atoms with Crippen LogP contribution in [0.5, 0.6) is 0 Å². The summed E-state index contributed by atoms with van der Waals surface area (Å²) in [6.07, 6.45) is 9.57. The van der Waals surface area contributed by atoms with Gasteiger partial charge < -0.3 is 12.3 Å². The Labute approximate surface area is 175 Å². The van der Waals surface area contributed by atoms with E-state index in [0.717, 1.165) is 12.8 Å². The number of benzene rings is 3. The molecule has 0 radical (unpaired) electrons. The van der Waals surface area contributed by atoms with Crippen molar-refractivity contribution in [3.05, 3.63) is 97.4 Å². The summed E-state index contributed by atoms with van der Waals surface area (Å²) in [7, 11) is -0.877. The molecule has 3 aromatic rings. The van der Waals surface area contributed by atoms with Gasteiger partial charge in [0.15, 0.2) is 0 Å². The van der Waals surface area contributed by atoms with Crippen LogP contribution in [-0.4, -0.2) is 0 Å². The van der Waals surface area contributed by atoms with Gasteiger partial charge in [0.1, 0.15) is 15.9 Å². The van der Waals surface area contributed by atoms with Gasteiger partial charge in [-0.05, 0) is 49.2 Å². The molecular weight excluding hydrogens is 516 g/mol. The summed E-state index contributed by atoms with van der Waals surface area (Å²) in [5.41, 5.74) is 0. The molecule has 3 aromatic carbocycles. The Hall–Kier alpha value is -1.61. The Morgan fingerprint density at radius 3 is 1.27 bits per heavy atom. The van der Waals surface area contributed by atoms with E-state index >= 15 is 0 Å². The van der Waals surface area contributed by atoms with E-state index in [9.17, 15) is 0 Å². The zero-order valence-electron chi connectivity index (χ0n) is 15.1. The molecule has 0 nitrogen and oxygen atoms in total. The Bertz CT molecular complexity index is 655. The molecule has 0 atom stereocenters. The maximum absolute atomic E-state index is 6.46. The summed E-state index contributed by atoms with van der Waals surface area (Å²) < 4.78 is 0. The second-order valence-electron chi connectivity index (χ2n) is 5.75. The predicted octanol–water partition coefficient (Wildman–Crippen LogP) is 4.94. The molecule has 0 heterocycles. The van der Waals surface area contributed by atoms with Crippen molar-refractivity contribution in [3.63, 3.8) is 0 Å². The number of hydrogen-bond donors (Lipinski definition) is 0. The molecule has 0 bridgehead atoms. The molecule has 0 spiro atoms. The van der Waals surface area contributed by atoms with Crippen molar-refractivity contribution in [3.8, 4) is 5.92 Å². The largest absolute Gasteiger partial charge is 1.00 e. The van der Waals surface area contributed by atoms with Crippen LogP contribution in [-0.2, 0) is 22.4 Å². The van der Waals surface area contributed by atoms with Crippen molar-refractivity contribution in [2.45, 2.75) is 26.2 Å². The average molecular weight is 541 g/mol. The zero-order chi connectivity index (χ0) is 17.7. The van der Waals surface area contributed by atoms with Gasteiger partial charge in [0, 0.05) is 0 Å². The van der Waals surface area contributed by atoms with Crippen LogP contribution < -0.4 is 15.9 Å². The Balaban J connectivity index is 0.000000422. The van der Waals surface area contributed by atoms with Gasteiger partial charge in [0.2, 0.25) is 0 Å². The third-order valence-corrected chi connectivity index (χ3v) is 6.57. The fourth-order valence-corrected chi connectivity index (χ4v) is 5.16. The van der Waals surface area contributed by atoms with Gasteiger partial charge in [0.25, 0.3) is 0 Å². The van der Waals surface area contributed by atoms with Crippen LogP contribution in [0, 0.1) is 12.3 Å². The van der Waals surface area contributed by atoms with E-state index in [-0.39, 0.29) is 22.4 Å². The molecule has 2 heteroatoms. The van der Waals surface area contributed by atoms with Gasteiger partial charge in [-0.1, -0.05) is 67.9 Å². The second kappa shape index (κ2) is 13.6. The van der Waals surface area contributed by atoms with Crippen LogP contribution in [0.15, 0.2) is 91.0 Å². The first-order valence-electron chi connectivity index (χ1n) is 8.79. The monoisotopic (exact) mass is 541 g/mol. The van der Waals surface area contributed by atoms with Gasteiger partial charge in [-0.15, -0.1) is 0 Å². The van der Waals surface area contributed by atoms with E-state index in [1.165, 1.54) is 22.3 Å². The molecule has 0 aromatic heterocycles. The molecule has 0 aliphatic heterocycles. The topological polar surface area (TPSA) is 0 Å². The van der Waals surface area contributed by atoms with Crippen LogP contribution in [0.4, 0.5) is 0 Å².